The predicted octanol–water partition coefficient (Wildman–Crippen LogP) is 3.62. The number of carbonyl (C=O) groups is 1. The summed E-state index contributed by atoms with van der Waals surface area (Å²) in [4.78, 5) is 28.3. The summed E-state index contributed by atoms with van der Waals surface area (Å²) < 4.78 is 0. The Labute approximate surface area is 175 Å². The van der Waals surface area contributed by atoms with E-state index >= 15 is 0 Å². The van der Waals surface area contributed by atoms with Gasteiger partial charge < -0.3 is 14.7 Å². The molecule has 0 atom stereocenters. The topological polar surface area (TPSA) is 52.6 Å². The van der Waals surface area contributed by atoms with Crippen LogP contribution in [-0.4, -0.2) is 61.0 Å². The highest BCUT2D eigenvalue weighted by molar-refractivity contribution is 6.30. The van der Waals surface area contributed by atoms with Crippen molar-refractivity contribution in [2.45, 2.75) is 6.92 Å². The molecule has 1 aromatic heterocycles. The maximum atomic E-state index is 12.8. The third kappa shape index (κ3) is 3.98. The summed E-state index contributed by atoms with van der Waals surface area (Å²) in [6.07, 6.45) is 0. The highest BCUT2D eigenvalue weighted by Crippen LogP contribution is 2.28. The van der Waals surface area contributed by atoms with Crippen molar-refractivity contribution in [3.8, 4) is 0 Å². The van der Waals surface area contributed by atoms with E-state index in [0.717, 1.165) is 41.3 Å². The van der Waals surface area contributed by atoms with E-state index in [1.54, 1.807) is 24.3 Å². The second kappa shape index (κ2) is 7.87. The number of nitrogens with zero attached hydrogens (tertiary/aromatic N) is 5. The van der Waals surface area contributed by atoms with Gasteiger partial charge in [0.2, 0.25) is 0 Å². The summed E-state index contributed by atoms with van der Waals surface area (Å²) in [6, 6.07) is 13.3. The molecule has 150 valence electrons. The number of benzene rings is 2. The molecule has 0 N–H and O–H groups in total. The molecule has 1 fully saturated rings. The smallest absolute Gasteiger partial charge is 0.253 e. The Kier molecular flexibility index (Phi) is 5.28. The Balaban J connectivity index is 1.56. The second-order valence-corrected chi connectivity index (χ2v) is 7.91. The Morgan fingerprint density at radius 1 is 1.00 bits per heavy atom. The number of hydrogen-bond acceptors (Lipinski definition) is 5. The van der Waals surface area contributed by atoms with Gasteiger partial charge >= 0.3 is 0 Å². The van der Waals surface area contributed by atoms with Crippen molar-refractivity contribution in [1.82, 2.24) is 14.9 Å². The summed E-state index contributed by atoms with van der Waals surface area (Å²) >= 11 is 5.93. The molecule has 1 amide bonds. The van der Waals surface area contributed by atoms with Crippen LogP contribution in [0.5, 0.6) is 0 Å². The van der Waals surface area contributed by atoms with Gasteiger partial charge in [-0.25, -0.2) is 9.97 Å². The Hall–Kier alpha value is -2.86. The third-order valence-electron chi connectivity index (χ3n) is 5.24. The first-order valence-corrected chi connectivity index (χ1v) is 10.1. The van der Waals surface area contributed by atoms with E-state index in [-0.39, 0.29) is 5.91 Å². The maximum Gasteiger partial charge on any atom is 0.253 e. The lowest BCUT2D eigenvalue weighted by Gasteiger charge is -2.36. The number of aromatic nitrogens is 2. The van der Waals surface area contributed by atoms with Crippen molar-refractivity contribution in [1.29, 1.82) is 0 Å². The molecule has 1 aliphatic rings. The van der Waals surface area contributed by atoms with Gasteiger partial charge in [-0.3, -0.25) is 4.79 Å². The number of fused-ring (bicyclic) bond motifs is 1. The number of rotatable bonds is 3. The molecule has 0 radical (unpaired) electrons. The van der Waals surface area contributed by atoms with E-state index in [9.17, 15) is 4.79 Å². The van der Waals surface area contributed by atoms with Crippen molar-refractivity contribution < 1.29 is 4.79 Å². The fraction of sp³-hybridized carbons (Fsp3) is 0.318. The predicted molar refractivity (Wildman–Crippen MR) is 118 cm³/mol. The molecule has 3 aromatic rings. The number of carbonyl (C=O) groups excluding carboxylic acids is 1. The normalized spacial score (nSPS) is 14.3. The molecule has 7 heteroatoms. The molecular weight excluding hydrogens is 386 g/mol. The average molecular weight is 410 g/mol. The molecule has 0 bridgehead atoms. The van der Waals surface area contributed by atoms with Crippen LogP contribution >= 0.6 is 11.6 Å². The zero-order valence-corrected chi connectivity index (χ0v) is 17.6. The lowest BCUT2D eigenvalue weighted by molar-refractivity contribution is 0.0746. The molecule has 2 heterocycles. The molecule has 0 unspecified atom stereocenters. The zero-order chi connectivity index (χ0) is 20.5. The van der Waals surface area contributed by atoms with Crippen LogP contribution in [0.15, 0.2) is 42.5 Å². The summed E-state index contributed by atoms with van der Waals surface area (Å²) in [6.45, 7) is 4.69. The molecule has 0 spiro atoms. The highest BCUT2D eigenvalue weighted by Gasteiger charge is 2.24. The van der Waals surface area contributed by atoms with E-state index in [0.29, 0.717) is 23.7 Å². The SMILES string of the molecule is Cc1nc(N2CCN(C(=O)c3ccc(Cl)cc3)CC2)c2cc(N(C)C)ccc2n1. The van der Waals surface area contributed by atoms with Crippen LogP contribution in [0.25, 0.3) is 10.9 Å². The van der Waals surface area contributed by atoms with Crippen LogP contribution in [0, 0.1) is 6.92 Å². The van der Waals surface area contributed by atoms with Gasteiger partial charge in [0.1, 0.15) is 11.6 Å². The maximum absolute atomic E-state index is 12.8. The largest absolute Gasteiger partial charge is 0.378 e. The van der Waals surface area contributed by atoms with Gasteiger partial charge in [-0.2, -0.15) is 0 Å². The van der Waals surface area contributed by atoms with Crippen LogP contribution in [0.3, 0.4) is 0 Å². The van der Waals surface area contributed by atoms with Crippen LogP contribution in [0.2, 0.25) is 5.02 Å². The van der Waals surface area contributed by atoms with Gasteiger partial charge in [-0.05, 0) is 49.4 Å². The van der Waals surface area contributed by atoms with E-state index in [1.165, 1.54) is 0 Å². The number of piperazine rings is 1. The van der Waals surface area contributed by atoms with Crippen molar-refractivity contribution in [2.24, 2.45) is 0 Å². The van der Waals surface area contributed by atoms with Crippen molar-refractivity contribution in [2.75, 3.05) is 50.1 Å². The Morgan fingerprint density at radius 3 is 2.34 bits per heavy atom. The fourth-order valence-electron chi connectivity index (χ4n) is 3.63. The first kappa shape index (κ1) is 19.5. The van der Waals surface area contributed by atoms with Crippen molar-refractivity contribution >= 4 is 39.9 Å². The summed E-state index contributed by atoms with van der Waals surface area (Å²) in [5.74, 6) is 1.74. The van der Waals surface area contributed by atoms with Gasteiger partial charge in [0.05, 0.1) is 5.52 Å². The van der Waals surface area contributed by atoms with Crippen molar-refractivity contribution in [3.63, 3.8) is 0 Å². The summed E-state index contributed by atoms with van der Waals surface area (Å²) in [5.41, 5.74) is 2.72. The number of aryl methyl sites for hydroxylation is 1. The number of hydrogen-bond donors (Lipinski definition) is 0. The number of halogens is 1. The van der Waals surface area contributed by atoms with Gasteiger partial charge in [-0.15, -0.1) is 0 Å². The van der Waals surface area contributed by atoms with Gasteiger partial charge in [-0.1, -0.05) is 11.6 Å². The van der Waals surface area contributed by atoms with Gasteiger partial charge in [0, 0.05) is 61.9 Å². The van der Waals surface area contributed by atoms with Crippen LogP contribution < -0.4 is 9.80 Å². The molecule has 6 nitrogen and oxygen atoms in total. The first-order chi connectivity index (χ1) is 13.9. The van der Waals surface area contributed by atoms with Crippen LogP contribution in [0.4, 0.5) is 11.5 Å². The molecule has 2 aromatic carbocycles. The molecule has 0 saturated carbocycles. The minimum atomic E-state index is 0.0416. The molecule has 0 aliphatic carbocycles. The molecule has 1 saturated heterocycles. The van der Waals surface area contributed by atoms with E-state index in [1.807, 2.05) is 32.0 Å². The standard InChI is InChI=1S/C22H24ClN5O/c1-15-24-20-9-8-18(26(2)3)14-19(20)21(25-15)27-10-12-28(13-11-27)22(29)16-4-6-17(23)7-5-16/h4-9,14H,10-13H2,1-3H3. The van der Waals surface area contributed by atoms with E-state index < -0.39 is 0 Å². The number of amides is 1. The van der Waals surface area contributed by atoms with Gasteiger partial charge in [0.25, 0.3) is 5.91 Å². The molecule has 1 aliphatic heterocycles. The summed E-state index contributed by atoms with van der Waals surface area (Å²) in [5, 5.41) is 1.67. The van der Waals surface area contributed by atoms with E-state index in [4.69, 9.17) is 16.6 Å². The first-order valence-electron chi connectivity index (χ1n) is 9.68. The van der Waals surface area contributed by atoms with Crippen LogP contribution in [0.1, 0.15) is 16.2 Å². The molecule has 4 rings (SSSR count). The minimum absolute atomic E-state index is 0.0416. The zero-order valence-electron chi connectivity index (χ0n) is 16.9. The second-order valence-electron chi connectivity index (χ2n) is 7.48. The molecular formula is C22H24ClN5O. The highest BCUT2D eigenvalue weighted by atomic mass is 35.5. The van der Waals surface area contributed by atoms with E-state index in [2.05, 4.69) is 26.9 Å². The van der Waals surface area contributed by atoms with Crippen LogP contribution in [-0.2, 0) is 0 Å². The third-order valence-corrected chi connectivity index (χ3v) is 5.50. The van der Waals surface area contributed by atoms with Gasteiger partial charge in [0.15, 0.2) is 0 Å². The summed E-state index contributed by atoms with van der Waals surface area (Å²) in [7, 11) is 4.05. The Morgan fingerprint density at radius 2 is 1.69 bits per heavy atom. The lowest BCUT2D eigenvalue weighted by Crippen LogP contribution is -2.49. The lowest BCUT2D eigenvalue weighted by atomic mass is 10.1. The average Bonchev–Trinajstić information content (AvgIpc) is 2.73. The fourth-order valence-corrected chi connectivity index (χ4v) is 3.76. The Bertz CT molecular complexity index is 1040. The molecule has 29 heavy (non-hydrogen) atoms. The van der Waals surface area contributed by atoms with Crippen molar-refractivity contribution in [3.05, 3.63) is 58.9 Å². The number of anilines is 2. The quantitative estimate of drug-likeness (QED) is 0.661. The monoisotopic (exact) mass is 409 g/mol. The minimum Gasteiger partial charge on any atom is -0.378 e.